The second kappa shape index (κ2) is 11.9. The lowest BCUT2D eigenvalue weighted by atomic mass is 10.1. The first-order valence-electron chi connectivity index (χ1n) is 7.33. The molecule has 1 amide bonds. The summed E-state index contributed by atoms with van der Waals surface area (Å²) in [6, 6.07) is 0. The minimum Gasteiger partial charge on any atom is -0.340 e. The summed E-state index contributed by atoms with van der Waals surface area (Å²) in [7, 11) is 0. The molecule has 3 nitrogen and oxygen atoms in total. The van der Waals surface area contributed by atoms with Crippen molar-refractivity contribution in [2.45, 2.75) is 59.3 Å². The van der Waals surface area contributed by atoms with Crippen molar-refractivity contribution in [3.8, 4) is 0 Å². The summed E-state index contributed by atoms with van der Waals surface area (Å²) in [5.41, 5.74) is 0. The van der Waals surface area contributed by atoms with Gasteiger partial charge >= 0.3 is 0 Å². The van der Waals surface area contributed by atoms with Gasteiger partial charge in [0.25, 0.3) is 0 Å². The van der Waals surface area contributed by atoms with Crippen LogP contribution in [0.1, 0.15) is 59.3 Å². The highest BCUT2D eigenvalue weighted by atomic mass is 16.2. The number of hydrogen-bond acceptors (Lipinski definition) is 2. The van der Waals surface area contributed by atoms with E-state index in [1.54, 1.807) is 0 Å². The molecule has 0 saturated carbocycles. The van der Waals surface area contributed by atoms with E-state index in [0.717, 1.165) is 39.0 Å². The molecule has 0 bridgehead atoms. The van der Waals surface area contributed by atoms with E-state index in [1.807, 2.05) is 18.7 Å². The van der Waals surface area contributed by atoms with Gasteiger partial charge in [-0.1, -0.05) is 46.5 Å². The molecule has 3 heteroatoms. The van der Waals surface area contributed by atoms with Crippen LogP contribution in [0.3, 0.4) is 0 Å². The molecule has 0 aliphatic carbocycles. The number of carbonyl (C=O) groups excluding carboxylic acids is 1. The molecule has 0 radical (unpaired) electrons. The number of nitrogens with one attached hydrogen (secondary N) is 1. The number of rotatable bonds is 6. The van der Waals surface area contributed by atoms with E-state index in [-0.39, 0.29) is 0 Å². The van der Waals surface area contributed by atoms with Crippen molar-refractivity contribution in [3.05, 3.63) is 0 Å². The van der Waals surface area contributed by atoms with Crippen LogP contribution in [0.4, 0.5) is 0 Å². The molecule has 1 aliphatic rings. The maximum absolute atomic E-state index is 11.7. The van der Waals surface area contributed by atoms with Gasteiger partial charge in [-0.15, -0.1) is 0 Å². The minimum atomic E-state index is 0.355. The van der Waals surface area contributed by atoms with Crippen molar-refractivity contribution in [2.75, 3.05) is 26.2 Å². The summed E-state index contributed by atoms with van der Waals surface area (Å²) in [4.78, 5) is 13.7. The van der Waals surface area contributed by atoms with Gasteiger partial charge in [-0.05, 0) is 6.42 Å². The van der Waals surface area contributed by atoms with Crippen LogP contribution in [0.5, 0.6) is 0 Å². The quantitative estimate of drug-likeness (QED) is 0.726. The Labute approximate surface area is 107 Å². The van der Waals surface area contributed by atoms with E-state index < -0.39 is 0 Å². The highest BCUT2D eigenvalue weighted by molar-refractivity contribution is 5.76. The molecule has 0 aromatic carbocycles. The number of amides is 1. The Hall–Kier alpha value is -0.570. The average Bonchev–Trinajstić information content (AvgIpc) is 2.41. The van der Waals surface area contributed by atoms with Crippen LogP contribution in [-0.2, 0) is 4.79 Å². The van der Waals surface area contributed by atoms with E-state index in [1.165, 1.54) is 25.7 Å². The zero-order valence-corrected chi connectivity index (χ0v) is 11.9. The highest BCUT2D eigenvalue weighted by Crippen LogP contribution is 2.07. The first-order valence-corrected chi connectivity index (χ1v) is 7.33. The van der Waals surface area contributed by atoms with E-state index in [2.05, 4.69) is 12.2 Å². The van der Waals surface area contributed by atoms with Crippen LogP contribution in [0.2, 0.25) is 0 Å². The van der Waals surface area contributed by atoms with Gasteiger partial charge in [0.15, 0.2) is 0 Å². The van der Waals surface area contributed by atoms with E-state index >= 15 is 0 Å². The fourth-order valence-electron chi connectivity index (χ4n) is 1.95. The summed E-state index contributed by atoms with van der Waals surface area (Å²) >= 11 is 0. The fourth-order valence-corrected chi connectivity index (χ4v) is 1.95. The summed E-state index contributed by atoms with van der Waals surface area (Å²) in [5.74, 6) is 0.355. The van der Waals surface area contributed by atoms with Crippen LogP contribution in [-0.4, -0.2) is 37.0 Å². The molecule has 102 valence electrons. The van der Waals surface area contributed by atoms with Gasteiger partial charge < -0.3 is 10.2 Å². The van der Waals surface area contributed by atoms with Crippen LogP contribution < -0.4 is 5.32 Å². The SMILES string of the molecule is CC.CCCCCCCC(=O)N1CCNCC1. The molecule has 1 rings (SSSR count). The predicted octanol–water partition coefficient (Wildman–Crippen LogP) is 2.80. The van der Waals surface area contributed by atoms with Crippen molar-refractivity contribution in [2.24, 2.45) is 0 Å². The monoisotopic (exact) mass is 242 g/mol. The maximum atomic E-state index is 11.7. The first-order chi connectivity index (χ1) is 8.34. The van der Waals surface area contributed by atoms with Gasteiger partial charge in [0.05, 0.1) is 0 Å². The third kappa shape index (κ3) is 8.19. The Kier molecular flexibility index (Phi) is 11.5. The molecule has 0 unspecified atom stereocenters. The predicted molar refractivity (Wildman–Crippen MR) is 74.2 cm³/mol. The topological polar surface area (TPSA) is 32.3 Å². The Morgan fingerprint density at radius 2 is 1.65 bits per heavy atom. The lowest BCUT2D eigenvalue weighted by Gasteiger charge is -2.27. The number of unbranched alkanes of at least 4 members (excludes halogenated alkanes) is 4. The third-order valence-electron chi connectivity index (χ3n) is 2.96. The lowest BCUT2D eigenvalue weighted by molar-refractivity contribution is -0.131. The molecule has 0 aromatic heterocycles. The van der Waals surface area contributed by atoms with Crippen molar-refractivity contribution in [1.82, 2.24) is 10.2 Å². The van der Waals surface area contributed by atoms with Gasteiger partial charge in [0, 0.05) is 32.6 Å². The summed E-state index contributed by atoms with van der Waals surface area (Å²) in [6.45, 7) is 9.93. The largest absolute Gasteiger partial charge is 0.340 e. The Morgan fingerprint density at radius 3 is 2.24 bits per heavy atom. The molecule has 1 saturated heterocycles. The van der Waals surface area contributed by atoms with Gasteiger partial charge in [-0.3, -0.25) is 4.79 Å². The maximum Gasteiger partial charge on any atom is 0.222 e. The lowest BCUT2D eigenvalue weighted by Crippen LogP contribution is -2.46. The summed E-state index contributed by atoms with van der Waals surface area (Å²) in [6.07, 6.45) is 6.90. The van der Waals surface area contributed by atoms with Crippen LogP contribution >= 0.6 is 0 Å². The Bertz CT molecular complexity index is 177. The highest BCUT2D eigenvalue weighted by Gasteiger charge is 2.14. The summed E-state index contributed by atoms with van der Waals surface area (Å²) < 4.78 is 0. The van der Waals surface area contributed by atoms with Crippen molar-refractivity contribution in [3.63, 3.8) is 0 Å². The molecule has 1 fully saturated rings. The minimum absolute atomic E-state index is 0.355. The average molecular weight is 242 g/mol. The van der Waals surface area contributed by atoms with Crippen molar-refractivity contribution < 1.29 is 4.79 Å². The van der Waals surface area contributed by atoms with E-state index in [9.17, 15) is 4.79 Å². The number of hydrogen-bond donors (Lipinski definition) is 1. The molecular weight excluding hydrogens is 212 g/mol. The van der Waals surface area contributed by atoms with E-state index in [4.69, 9.17) is 0 Å². The summed E-state index contributed by atoms with van der Waals surface area (Å²) in [5, 5.41) is 3.26. The first kappa shape index (κ1) is 16.4. The van der Waals surface area contributed by atoms with Gasteiger partial charge in [0.1, 0.15) is 0 Å². The van der Waals surface area contributed by atoms with Crippen LogP contribution in [0, 0.1) is 0 Å². The Morgan fingerprint density at radius 1 is 1.06 bits per heavy atom. The smallest absolute Gasteiger partial charge is 0.222 e. The van der Waals surface area contributed by atoms with Crippen LogP contribution in [0.15, 0.2) is 0 Å². The zero-order chi connectivity index (χ0) is 12.9. The number of piperazine rings is 1. The molecule has 1 heterocycles. The van der Waals surface area contributed by atoms with Gasteiger partial charge in [-0.2, -0.15) is 0 Å². The zero-order valence-electron chi connectivity index (χ0n) is 11.9. The van der Waals surface area contributed by atoms with Crippen molar-refractivity contribution in [1.29, 1.82) is 0 Å². The molecular formula is C14H30N2O. The fraction of sp³-hybridized carbons (Fsp3) is 0.929. The standard InChI is InChI=1S/C12H24N2O.C2H6/c1-2-3-4-5-6-7-12(15)14-10-8-13-9-11-14;1-2/h13H,2-11H2,1H3;1-2H3. The van der Waals surface area contributed by atoms with E-state index in [0.29, 0.717) is 5.91 Å². The van der Waals surface area contributed by atoms with Gasteiger partial charge in [-0.25, -0.2) is 0 Å². The normalized spacial score (nSPS) is 15.1. The molecule has 0 spiro atoms. The number of nitrogens with zero attached hydrogens (tertiary/aromatic N) is 1. The van der Waals surface area contributed by atoms with Crippen molar-refractivity contribution >= 4 is 5.91 Å². The third-order valence-corrected chi connectivity index (χ3v) is 2.96. The molecule has 0 atom stereocenters. The molecule has 1 N–H and O–H groups in total. The van der Waals surface area contributed by atoms with Gasteiger partial charge in [0.2, 0.25) is 5.91 Å². The molecule has 0 aromatic rings. The second-order valence-corrected chi connectivity index (χ2v) is 4.30. The second-order valence-electron chi connectivity index (χ2n) is 4.30. The molecule has 1 aliphatic heterocycles. The van der Waals surface area contributed by atoms with Crippen LogP contribution in [0.25, 0.3) is 0 Å². The number of carbonyl (C=O) groups is 1. The Balaban J connectivity index is 0.00000121. The molecule has 17 heavy (non-hydrogen) atoms.